The van der Waals surface area contributed by atoms with Gasteiger partial charge in [-0.1, -0.05) is 0 Å². The van der Waals surface area contributed by atoms with Crippen molar-refractivity contribution in [3.05, 3.63) is 18.5 Å². The van der Waals surface area contributed by atoms with E-state index >= 15 is 0 Å². The SMILES string of the molecule is Cl.N#CC1CCCN1C(=O)[C@@H]1C[C@H](Nc2ncccn2)CN1. The van der Waals surface area contributed by atoms with Crippen LogP contribution in [0.5, 0.6) is 0 Å². The van der Waals surface area contributed by atoms with Crippen molar-refractivity contribution in [2.45, 2.75) is 37.4 Å². The number of rotatable bonds is 3. The molecule has 2 aliphatic heterocycles. The highest BCUT2D eigenvalue weighted by atomic mass is 35.5. The Labute approximate surface area is 135 Å². The van der Waals surface area contributed by atoms with E-state index in [0.29, 0.717) is 25.5 Å². The molecule has 0 bridgehead atoms. The molecule has 0 saturated carbocycles. The molecule has 2 fully saturated rings. The monoisotopic (exact) mass is 322 g/mol. The lowest BCUT2D eigenvalue weighted by Crippen LogP contribution is -2.45. The molecule has 7 nitrogen and oxygen atoms in total. The smallest absolute Gasteiger partial charge is 0.240 e. The third-order valence-electron chi connectivity index (χ3n) is 4.01. The van der Waals surface area contributed by atoms with E-state index in [0.717, 1.165) is 12.8 Å². The number of likely N-dealkylation sites (tertiary alicyclic amines) is 1. The second-order valence-electron chi connectivity index (χ2n) is 5.43. The molecule has 3 heterocycles. The Morgan fingerprint density at radius 2 is 2.23 bits per heavy atom. The minimum atomic E-state index is -0.260. The maximum atomic E-state index is 12.5. The summed E-state index contributed by atoms with van der Waals surface area (Å²) in [6.45, 7) is 1.38. The lowest BCUT2D eigenvalue weighted by Gasteiger charge is -2.23. The van der Waals surface area contributed by atoms with Gasteiger partial charge in [0.2, 0.25) is 11.9 Å². The fraction of sp³-hybridized carbons (Fsp3) is 0.571. The number of nitrogens with zero attached hydrogens (tertiary/aromatic N) is 4. The Morgan fingerprint density at radius 1 is 1.45 bits per heavy atom. The highest BCUT2D eigenvalue weighted by Gasteiger charge is 2.37. The fourth-order valence-electron chi connectivity index (χ4n) is 2.95. The number of aromatic nitrogens is 2. The molecule has 1 unspecified atom stereocenters. The Hall–Kier alpha value is -1.91. The molecule has 22 heavy (non-hydrogen) atoms. The van der Waals surface area contributed by atoms with Crippen molar-refractivity contribution in [1.29, 1.82) is 5.26 Å². The van der Waals surface area contributed by atoms with Crippen LogP contribution in [-0.2, 0) is 4.79 Å². The van der Waals surface area contributed by atoms with Crippen molar-refractivity contribution in [3.63, 3.8) is 0 Å². The maximum absolute atomic E-state index is 12.5. The number of carbonyl (C=O) groups is 1. The number of halogens is 1. The van der Waals surface area contributed by atoms with Crippen LogP contribution in [0.1, 0.15) is 19.3 Å². The van der Waals surface area contributed by atoms with Crippen LogP contribution in [0, 0.1) is 11.3 Å². The fourth-order valence-corrected chi connectivity index (χ4v) is 2.95. The maximum Gasteiger partial charge on any atom is 0.240 e. The zero-order chi connectivity index (χ0) is 14.7. The van der Waals surface area contributed by atoms with Crippen molar-refractivity contribution in [2.75, 3.05) is 18.4 Å². The molecule has 0 radical (unpaired) electrons. The van der Waals surface area contributed by atoms with Crippen molar-refractivity contribution < 1.29 is 4.79 Å². The van der Waals surface area contributed by atoms with Gasteiger partial charge in [-0.15, -0.1) is 12.4 Å². The summed E-state index contributed by atoms with van der Waals surface area (Å²) in [7, 11) is 0. The van der Waals surface area contributed by atoms with Crippen molar-refractivity contribution >= 4 is 24.3 Å². The number of nitrogens with one attached hydrogen (secondary N) is 2. The average molecular weight is 323 g/mol. The molecule has 2 N–H and O–H groups in total. The zero-order valence-electron chi connectivity index (χ0n) is 12.1. The molecule has 0 aliphatic carbocycles. The number of anilines is 1. The molecule has 0 spiro atoms. The third-order valence-corrected chi connectivity index (χ3v) is 4.01. The first-order chi connectivity index (χ1) is 10.3. The summed E-state index contributed by atoms with van der Waals surface area (Å²) < 4.78 is 0. The summed E-state index contributed by atoms with van der Waals surface area (Å²) >= 11 is 0. The highest BCUT2D eigenvalue weighted by molar-refractivity contribution is 5.85. The Kier molecular flexibility index (Phi) is 5.52. The van der Waals surface area contributed by atoms with Crippen molar-refractivity contribution in [1.82, 2.24) is 20.2 Å². The molecule has 2 aliphatic rings. The van der Waals surface area contributed by atoms with Crippen LogP contribution in [0.25, 0.3) is 0 Å². The van der Waals surface area contributed by atoms with E-state index in [9.17, 15) is 4.79 Å². The second kappa shape index (κ2) is 7.38. The Bertz CT molecular complexity index is 548. The van der Waals surface area contributed by atoms with Gasteiger partial charge in [-0.2, -0.15) is 5.26 Å². The standard InChI is InChI=1S/C14H18N6O.ClH/c15-8-11-3-1-6-20(11)13(21)12-7-10(9-18-12)19-14-16-4-2-5-17-14;/h2,4-5,10-12,18H,1,3,6-7,9H2,(H,16,17,19);1H/t10-,11?,12-;/m0./s1. The first-order valence-corrected chi connectivity index (χ1v) is 7.25. The molecule has 2 saturated heterocycles. The predicted molar refractivity (Wildman–Crippen MR) is 83.4 cm³/mol. The average Bonchev–Trinajstić information content (AvgIpc) is 3.16. The van der Waals surface area contributed by atoms with E-state index in [1.807, 2.05) is 0 Å². The van der Waals surface area contributed by atoms with E-state index in [-0.39, 0.29) is 36.4 Å². The van der Waals surface area contributed by atoms with Crippen LogP contribution in [0.15, 0.2) is 18.5 Å². The van der Waals surface area contributed by atoms with Gasteiger partial charge in [0.15, 0.2) is 0 Å². The van der Waals surface area contributed by atoms with Gasteiger partial charge in [-0.05, 0) is 25.3 Å². The quantitative estimate of drug-likeness (QED) is 0.844. The van der Waals surface area contributed by atoms with E-state index in [4.69, 9.17) is 5.26 Å². The van der Waals surface area contributed by atoms with Gasteiger partial charge in [-0.3, -0.25) is 4.79 Å². The number of hydrogen-bond acceptors (Lipinski definition) is 6. The molecule has 3 rings (SSSR count). The van der Waals surface area contributed by atoms with E-state index in [2.05, 4.69) is 26.7 Å². The lowest BCUT2D eigenvalue weighted by molar-refractivity contribution is -0.133. The van der Waals surface area contributed by atoms with E-state index in [1.54, 1.807) is 23.4 Å². The van der Waals surface area contributed by atoms with Crippen LogP contribution in [-0.4, -0.2) is 52.0 Å². The van der Waals surface area contributed by atoms with Crippen molar-refractivity contribution in [3.8, 4) is 6.07 Å². The van der Waals surface area contributed by atoms with Gasteiger partial charge in [0, 0.05) is 31.5 Å². The summed E-state index contributed by atoms with van der Waals surface area (Å²) in [5.41, 5.74) is 0. The summed E-state index contributed by atoms with van der Waals surface area (Å²) in [6.07, 6.45) is 5.75. The molecule has 1 aromatic rings. The largest absolute Gasteiger partial charge is 0.350 e. The molecule has 1 amide bonds. The first kappa shape index (κ1) is 16.5. The number of nitriles is 1. The summed E-state index contributed by atoms with van der Waals surface area (Å²) in [4.78, 5) is 22.4. The number of carbonyl (C=O) groups excluding carboxylic acids is 1. The minimum Gasteiger partial charge on any atom is -0.350 e. The van der Waals surface area contributed by atoms with Gasteiger partial charge >= 0.3 is 0 Å². The van der Waals surface area contributed by atoms with Gasteiger partial charge < -0.3 is 15.5 Å². The predicted octanol–water partition coefficient (Wildman–Crippen LogP) is 0.555. The molecule has 0 aromatic carbocycles. The number of hydrogen-bond donors (Lipinski definition) is 2. The molecule has 118 valence electrons. The van der Waals surface area contributed by atoms with Crippen LogP contribution < -0.4 is 10.6 Å². The highest BCUT2D eigenvalue weighted by Crippen LogP contribution is 2.20. The minimum absolute atomic E-state index is 0. The molecular formula is C14H19ClN6O. The van der Waals surface area contributed by atoms with Crippen molar-refractivity contribution in [2.24, 2.45) is 0 Å². The Balaban J connectivity index is 0.00000176. The third kappa shape index (κ3) is 3.46. The zero-order valence-corrected chi connectivity index (χ0v) is 12.9. The molecule has 1 aromatic heterocycles. The van der Waals surface area contributed by atoms with E-state index < -0.39 is 0 Å². The van der Waals surface area contributed by atoms with Gasteiger partial charge in [0.25, 0.3) is 0 Å². The van der Waals surface area contributed by atoms with Crippen LogP contribution >= 0.6 is 12.4 Å². The van der Waals surface area contributed by atoms with E-state index in [1.165, 1.54) is 0 Å². The molecule has 3 atom stereocenters. The topological polar surface area (TPSA) is 93.9 Å². The van der Waals surface area contributed by atoms with Crippen LogP contribution in [0.3, 0.4) is 0 Å². The first-order valence-electron chi connectivity index (χ1n) is 7.25. The van der Waals surface area contributed by atoms with Gasteiger partial charge in [-0.25, -0.2) is 9.97 Å². The summed E-state index contributed by atoms with van der Waals surface area (Å²) in [5.74, 6) is 0.616. The Morgan fingerprint density at radius 3 is 2.95 bits per heavy atom. The molecule has 8 heteroatoms. The normalized spacial score (nSPS) is 27.0. The van der Waals surface area contributed by atoms with Gasteiger partial charge in [0.05, 0.1) is 12.1 Å². The summed E-state index contributed by atoms with van der Waals surface area (Å²) in [6, 6.07) is 3.62. The van der Waals surface area contributed by atoms with Crippen LogP contribution in [0.4, 0.5) is 5.95 Å². The van der Waals surface area contributed by atoms with Crippen LogP contribution in [0.2, 0.25) is 0 Å². The van der Waals surface area contributed by atoms with Gasteiger partial charge in [0.1, 0.15) is 6.04 Å². The molecular weight excluding hydrogens is 304 g/mol. The second-order valence-corrected chi connectivity index (χ2v) is 5.43. The lowest BCUT2D eigenvalue weighted by atomic mass is 10.1. The summed E-state index contributed by atoms with van der Waals surface area (Å²) in [5, 5.41) is 15.5. The number of amides is 1.